The molecule has 0 unspecified atom stereocenters. The molecule has 0 radical (unpaired) electrons. The van der Waals surface area contributed by atoms with Crippen LogP contribution in [0.25, 0.3) is 10.2 Å². The maximum Gasteiger partial charge on any atom is 0.410 e. The molecule has 1 aromatic carbocycles. The number of fused-ring (bicyclic) bond motifs is 1. The predicted molar refractivity (Wildman–Crippen MR) is 91.1 cm³/mol. The molecule has 2 aliphatic rings. The zero-order chi connectivity index (χ0) is 17.1. The monoisotopic (exact) mass is 346 g/mol. The number of ether oxygens (including phenoxy) is 1. The van der Waals surface area contributed by atoms with Crippen LogP contribution < -0.4 is 5.73 Å². The first-order valence-corrected chi connectivity index (χ1v) is 8.59. The number of hydrogen-bond acceptors (Lipinski definition) is 6. The molecule has 7 nitrogen and oxygen atoms in total. The van der Waals surface area contributed by atoms with Crippen molar-refractivity contribution in [2.45, 2.75) is 18.9 Å². The molecular formula is C16H18N4O3S. The van der Waals surface area contributed by atoms with E-state index in [0.29, 0.717) is 36.8 Å². The normalized spacial score (nSPS) is 23.5. The maximum absolute atomic E-state index is 12.9. The first kappa shape index (κ1) is 15.2. The van der Waals surface area contributed by atoms with E-state index in [2.05, 4.69) is 4.98 Å². The third-order valence-corrected chi connectivity index (χ3v) is 5.52. The van der Waals surface area contributed by atoms with Crippen LogP contribution in [0.2, 0.25) is 0 Å². The number of rotatable bonds is 1. The molecule has 24 heavy (non-hydrogen) atoms. The van der Waals surface area contributed by atoms with E-state index in [1.165, 1.54) is 11.3 Å². The molecule has 4 rings (SSSR count). The zero-order valence-corrected chi connectivity index (χ0v) is 14.4. The van der Waals surface area contributed by atoms with Crippen LogP contribution in [0, 0.1) is 6.92 Å². The minimum Gasteiger partial charge on any atom is -0.439 e. The van der Waals surface area contributed by atoms with E-state index in [4.69, 9.17) is 10.5 Å². The van der Waals surface area contributed by atoms with E-state index in [9.17, 15) is 9.59 Å². The molecule has 8 heteroatoms. The molecule has 1 aromatic heterocycles. The summed E-state index contributed by atoms with van der Waals surface area (Å²) in [6.45, 7) is 3.47. The van der Waals surface area contributed by atoms with Crippen molar-refractivity contribution in [2.75, 3.05) is 32.4 Å². The third-order valence-electron chi connectivity index (χ3n) is 4.69. The number of aryl methyl sites for hydroxylation is 1. The Kier molecular flexibility index (Phi) is 3.21. The molecule has 0 saturated carbocycles. The lowest BCUT2D eigenvalue weighted by Crippen LogP contribution is -2.39. The number of hydrogen-bond donors (Lipinski definition) is 1. The molecule has 1 spiro atoms. The van der Waals surface area contributed by atoms with Crippen molar-refractivity contribution in [1.29, 1.82) is 0 Å². The number of benzene rings is 1. The van der Waals surface area contributed by atoms with Gasteiger partial charge in [0.25, 0.3) is 5.91 Å². The molecule has 126 valence electrons. The van der Waals surface area contributed by atoms with Gasteiger partial charge in [-0.1, -0.05) is 11.3 Å². The van der Waals surface area contributed by atoms with Crippen molar-refractivity contribution in [3.05, 3.63) is 23.3 Å². The van der Waals surface area contributed by atoms with Gasteiger partial charge in [-0.25, -0.2) is 9.78 Å². The number of amides is 2. The van der Waals surface area contributed by atoms with Gasteiger partial charge in [-0.05, 0) is 24.6 Å². The second kappa shape index (κ2) is 5.07. The number of aromatic nitrogens is 1. The Morgan fingerprint density at radius 3 is 2.92 bits per heavy atom. The molecule has 3 heterocycles. The van der Waals surface area contributed by atoms with E-state index in [-0.39, 0.29) is 12.0 Å². The Morgan fingerprint density at radius 1 is 1.42 bits per heavy atom. The van der Waals surface area contributed by atoms with Crippen LogP contribution in [-0.4, -0.2) is 59.1 Å². The highest BCUT2D eigenvalue weighted by molar-refractivity contribution is 7.22. The Bertz CT molecular complexity index is 864. The smallest absolute Gasteiger partial charge is 0.410 e. The fourth-order valence-corrected chi connectivity index (χ4v) is 4.39. The molecular weight excluding hydrogens is 328 g/mol. The number of likely N-dealkylation sites (tertiary alicyclic amines) is 1. The van der Waals surface area contributed by atoms with Crippen molar-refractivity contribution in [3.63, 3.8) is 0 Å². The first-order valence-electron chi connectivity index (χ1n) is 7.77. The standard InChI is InChI=1S/C16H18N4O3S/c1-9-5-10(6-11-12(9)18-14(17)24-11)13(21)20-4-3-16(8-20)7-19(2)15(22)23-16/h5-6H,3-4,7-8H2,1-2H3,(H2,17,18)/t16-/m1/s1. The van der Waals surface area contributed by atoms with Crippen LogP contribution in [0.1, 0.15) is 22.3 Å². The highest BCUT2D eigenvalue weighted by Crippen LogP contribution is 2.33. The average molecular weight is 346 g/mol. The summed E-state index contributed by atoms with van der Waals surface area (Å²) in [5.41, 5.74) is 7.62. The van der Waals surface area contributed by atoms with Crippen molar-refractivity contribution in [1.82, 2.24) is 14.8 Å². The van der Waals surface area contributed by atoms with Crippen LogP contribution in [-0.2, 0) is 4.74 Å². The molecule has 2 fully saturated rings. The van der Waals surface area contributed by atoms with Crippen LogP contribution >= 0.6 is 11.3 Å². The van der Waals surface area contributed by atoms with Crippen molar-refractivity contribution >= 4 is 38.7 Å². The number of carbonyl (C=O) groups excluding carboxylic acids is 2. The highest BCUT2D eigenvalue weighted by atomic mass is 32.1. The van der Waals surface area contributed by atoms with E-state index in [1.807, 2.05) is 19.1 Å². The SMILES string of the molecule is Cc1cc(C(=O)N2CC[C@@]3(CN(C)C(=O)O3)C2)cc2sc(N)nc12. The minimum absolute atomic E-state index is 0.0468. The fraction of sp³-hybridized carbons (Fsp3) is 0.438. The Hall–Kier alpha value is -2.35. The van der Waals surface area contributed by atoms with Gasteiger partial charge < -0.3 is 20.3 Å². The number of thiazole rings is 1. The van der Waals surface area contributed by atoms with Crippen molar-refractivity contribution < 1.29 is 14.3 Å². The summed E-state index contributed by atoms with van der Waals surface area (Å²) < 4.78 is 6.42. The molecule has 0 aliphatic carbocycles. The van der Waals surface area contributed by atoms with Crippen LogP contribution in [0.4, 0.5) is 9.93 Å². The van der Waals surface area contributed by atoms with Gasteiger partial charge in [-0.2, -0.15) is 0 Å². The molecule has 1 atom stereocenters. The molecule has 2 saturated heterocycles. The van der Waals surface area contributed by atoms with Crippen LogP contribution in [0.15, 0.2) is 12.1 Å². The first-order chi connectivity index (χ1) is 11.4. The number of carbonyl (C=O) groups is 2. The Balaban J connectivity index is 1.60. The van der Waals surface area contributed by atoms with Gasteiger partial charge in [0.1, 0.15) is 0 Å². The second-order valence-corrected chi connectivity index (χ2v) is 7.64. The van der Waals surface area contributed by atoms with Gasteiger partial charge >= 0.3 is 6.09 Å². The van der Waals surface area contributed by atoms with Crippen molar-refractivity contribution in [2.24, 2.45) is 0 Å². The highest BCUT2D eigenvalue weighted by Gasteiger charge is 2.49. The van der Waals surface area contributed by atoms with Crippen LogP contribution in [0.3, 0.4) is 0 Å². The van der Waals surface area contributed by atoms with Gasteiger partial charge in [0.2, 0.25) is 0 Å². The number of likely N-dealkylation sites (N-methyl/N-ethyl adjacent to an activating group) is 1. The van der Waals surface area contributed by atoms with Gasteiger partial charge in [0, 0.05) is 25.6 Å². The second-order valence-electron chi connectivity index (χ2n) is 6.58. The maximum atomic E-state index is 12.9. The summed E-state index contributed by atoms with van der Waals surface area (Å²) in [4.78, 5) is 32.2. The lowest BCUT2D eigenvalue weighted by Gasteiger charge is -2.22. The van der Waals surface area contributed by atoms with Gasteiger partial charge in [-0.3, -0.25) is 4.79 Å². The summed E-state index contributed by atoms with van der Waals surface area (Å²) >= 11 is 1.38. The number of nitrogens with zero attached hydrogens (tertiary/aromatic N) is 3. The van der Waals surface area contributed by atoms with E-state index in [0.717, 1.165) is 15.8 Å². The largest absolute Gasteiger partial charge is 0.439 e. The third kappa shape index (κ3) is 2.29. The molecule has 0 bridgehead atoms. The lowest BCUT2D eigenvalue weighted by molar-refractivity contribution is 0.0553. The topological polar surface area (TPSA) is 88.8 Å². The lowest BCUT2D eigenvalue weighted by atomic mass is 10.0. The quantitative estimate of drug-likeness (QED) is 0.851. The summed E-state index contributed by atoms with van der Waals surface area (Å²) in [6.07, 6.45) is 0.352. The van der Waals surface area contributed by atoms with Crippen molar-refractivity contribution in [3.8, 4) is 0 Å². The van der Waals surface area contributed by atoms with Crippen LogP contribution in [0.5, 0.6) is 0 Å². The number of nitrogen functional groups attached to an aromatic ring is 1. The number of nitrogens with two attached hydrogens (primary N) is 1. The predicted octanol–water partition coefficient (Wildman–Crippen LogP) is 1.85. The summed E-state index contributed by atoms with van der Waals surface area (Å²) in [7, 11) is 1.72. The van der Waals surface area contributed by atoms with Gasteiger partial charge in [0.05, 0.1) is 23.3 Å². The zero-order valence-electron chi connectivity index (χ0n) is 13.5. The molecule has 2 amide bonds. The summed E-state index contributed by atoms with van der Waals surface area (Å²) in [6, 6.07) is 3.69. The van der Waals surface area contributed by atoms with Gasteiger partial charge in [0.15, 0.2) is 10.7 Å². The van der Waals surface area contributed by atoms with E-state index >= 15 is 0 Å². The molecule has 2 aromatic rings. The fourth-order valence-electron chi connectivity index (χ4n) is 3.54. The summed E-state index contributed by atoms with van der Waals surface area (Å²) in [5.74, 6) is -0.0468. The summed E-state index contributed by atoms with van der Waals surface area (Å²) in [5, 5.41) is 0.499. The van der Waals surface area contributed by atoms with E-state index in [1.54, 1.807) is 16.8 Å². The average Bonchev–Trinajstić information content (AvgIpc) is 3.17. The number of anilines is 1. The van der Waals surface area contributed by atoms with E-state index < -0.39 is 5.60 Å². The minimum atomic E-state index is -0.560. The molecule has 2 N–H and O–H groups in total. The van der Waals surface area contributed by atoms with Gasteiger partial charge in [-0.15, -0.1) is 0 Å². The Morgan fingerprint density at radius 2 is 2.21 bits per heavy atom. The molecule has 2 aliphatic heterocycles. The Labute approximate surface area is 143 Å².